The van der Waals surface area contributed by atoms with Crippen LogP contribution in [0.3, 0.4) is 0 Å². The highest BCUT2D eigenvalue weighted by Crippen LogP contribution is 2.41. The zero-order valence-electron chi connectivity index (χ0n) is 21.7. The number of amides is 4. The van der Waals surface area contributed by atoms with Gasteiger partial charge in [0.15, 0.2) is 0 Å². The lowest BCUT2D eigenvalue weighted by Gasteiger charge is -2.42. The highest BCUT2D eigenvalue weighted by molar-refractivity contribution is 6.17. The molecule has 0 unspecified atom stereocenters. The summed E-state index contributed by atoms with van der Waals surface area (Å²) in [7, 11) is 1.45. The van der Waals surface area contributed by atoms with E-state index in [1.165, 1.54) is 11.9 Å². The van der Waals surface area contributed by atoms with E-state index in [0.717, 1.165) is 9.58 Å². The zero-order chi connectivity index (χ0) is 26.6. The van der Waals surface area contributed by atoms with Crippen LogP contribution in [0.1, 0.15) is 54.4 Å². The van der Waals surface area contributed by atoms with Crippen LogP contribution in [-0.2, 0) is 14.3 Å². The SMILES string of the molecule is CN1C(=O)N(c2ccc3c(c2)nnn3C(=O)OC(C)(C)C)C2(CCN(C(=O)OC(C)(C)C)CC2)C1=O. The molecule has 0 aliphatic carbocycles. The summed E-state index contributed by atoms with van der Waals surface area (Å²) in [5, 5.41) is 7.99. The third-order valence-corrected chi connectivity index (χ3v) is 6.10. The maximum absolute atomic E-state index is 13.3. The summed E-state index contributed by atoms with van der Waals surface area (Å²) in [6.45, 7) is 11.2. The van der Waals surface area contributed by atoms with E-state index < -0.39 is 35.0 Å². The summed E-state index contributed by atoms with van der Waals surface area (Å²) in [6, 6.07) is 4.42. The fraction of sp³-hybridized carbons (Fsp3) is 0.583. The second-order valence-corrected chi connectivity index (χ2v) is 11.1. The van der Waals surface area contributed by atoms with Crippen molar-refractivity contribution in [1.29, 1.82) is 0 Å². The number of ether oxygens (including phenoxy) is 2. The molecule has 0 saturated carbocycles. The van der Waals surface area contributed by atoms with E-state index in [9.17, 15) is 19.2 Å². The summed E-state index contributed by atoms with van der Waals surface area (Å²) in [6.07, 6.45) is -0.613. The number of anilines is 1. The zero-order valence-corrected chi connectivity index (χ0v) is 21.7. The second kappa shape index (κ2) is 8.45. The molecule has 4 amide bonds. The van der Waals surface area contributed by atoms with Gasteiger partial charge in [-0.1, -0.05) is 5.21 Å². The Morgan fingerprint density at radius 3 is 2.11 bits per heavy atom. The predicted octanol–water partition coefficient (Wildman–Crippen LogP) is 3.38. The monoisotopic (exact) mass is 500 g/mol. The normalized spacial score (nSPS) is 18.4. The van der Waals surface area contributed by atoms with Crippen molar-refractivity contribution in [3.63, 3.8) is 0 Å². The Labute approximate surface area is 209 Å². The quantitative estimate of drug-likeness (QED) is 0.545. The van der Waals surface area contributed by atoms with Crippen LogP contribution in [0.25, 0.3) is 11.0 Å². The summed E-state index contributed by atoms with van der Waals surface area (Å²) in [5.74, 6) is -0.325. The molecular formula is C24H32N6O6. The minimum Gasteiger partial charge on any atom is -0.444 e. The van der Waals surface area contributed by atoms with Gasteiger partial charge in [-0.15, -0.1) is 9.78 Å². The Kier molecular flexibility index (Phi) is 5.96. The molecule has 2 fully saturated rings. The fourth-order valence-electron chi connectivity index (χ4n) is 4.50. The first-order valence-corrected chi connectivity index (χ1v) is 11.8. The summed E-state index contributed by atoms with van der Waals surface area (Å²) in [4.78, 5) is 55.7. The van der Waals surface area contributed by atoms with Crippen molar-refractivity contribution in [3.8, 4) is 0 Å². The van der Waals surface area contributed by atoms with Gasteiger partial charge in [-0.3, -0.25) is 14.6 Å². The number of fused-ring (bicyclic) bond motifs is 1. The van der Waals surface area contributed by atoms with Gasteiger partial charge in [-0.05, 0) is 72.6 Å². The van der Waals surface area contributed by atoms with Gasteiger partial charge < -0.3 is 14.4 Å². The van der Waals surface area contributed by atoms with Crippen LogP contribution in [0.5, 0.6) is 0 Å². The van der Waals surface area contributed by atoms with Gasteiger partial charge >= 0.3 is 18.2 Å². The first-order valence-electron chi connectivity index (χ1n) is 11.8. The number of piperidine rings is 1. The number of benzene rings is 1. The lowest BCUT2D eigenvalue weighted by Crippen LogP contribution is -2.58. The van der Waals surface area contributed by atoms with Crippen LogP contribution in [0.15, 0.2) is 18.2 Å². The molecule has 2 saturated heterocycles. The number of carbonyl (C=O) groups excluding carboxylic acids is 4. The van der Waals surface area contributed by atoms with Crippen LogP contribution < -0.4 is 4.90 Å². The van der Waals surface area contributed by atoms with Gasteiger partial charge in [0, 0.05) is 25.8 Å². The van der Waals surface area contributed by atoms with Crippen molar-refractivity contribution in [2.45, 2.75) is 71.1 Å². The van der Waals surface area contributed by atoms with Crippen molar-refractivity contribution < 1.29 is 28.7 Å². The maximum Gasteiger partial charge on any atom is 0.437 e. The van der Waals surface area contributed by atoms with Crippen LogP contribution in [0, 0.1) is 0 Å². The molecule has 4 rings (SSSR count). The van der Waals surface area contributed by atoms with E-state index in [1.54, 1.807) is 64.6 Å². The Hall–Kier alpha value is -3.70. The number of imide groups is 1. The fourth-order valence-corrected chi connectivity index (χ4v) is 4.50. The largest absolute Gasteiger partial charge is 0.444 e. The molecule has 2 aliphatic rings. The molecule has 2 aliphatic heterocycles. The molecule has 1 aromatic carbocycles. The Morgan fingerprint density at radius 2 is 1.53 bits per heavy atom. The van der Waals surface area contributed by atoms with Crippen LogP contribution >= 0.6 is 0 Å². The van der Waals surface area contributed by atoms with Crippen molar-refractivity contribution in [2.75, 3.05) is 25.0 Å². The third-order valence-electron chi connectivity index (χ3n) is 6.10. The molecule has 2 aromatic rings. The topological polar surface area (TPSA) is 127 Å². The number of rotatable bonds is 1. The molecule has 36 heavy (non-hydrogen) atoms. The third kappa shape index (κ3) is 4.47. The molecule has 12 heteroatoms. The van der Waals surface area contributed by atoms with Crippen LogP contribution in [0.4, 0.5) is 20.1 Å². The molecule has 1 aromatic heterocycles. The van der Waals surface area contributed by atoms with Crippen molar-refractivity contribution in [2.24, 2.45) is 0 Å². The second-order valence-electron chi connectivity index (χ2n) is 11.1. The number of urea groups is 1. The predicted molar refractivity (Wildman–Crippen MR) is 130 cm³/mol. The first-order chi connectivity index (χ1) is 16.6. The lowest BCUT2D eigenvalue weighted by atomic mass is 9.85. The molecule has 0 atom stereocenters. The molecule has 12 nitrogen and oxygen atoms in total. The molecular weight excluding hydrogens is 468 g/mol. The number of likely N-dealkylation sites (N-methyl/N-ethyl adjacent to an activating group) is 1. The minimum absolute atomic E-state index is 0.254. The van der Waals surface area contributed by atoms with Crippen molar-refractivity contribution in [1.82, 2.24) is 24.8 Å². The number of carbonyl (C=O) groups is 4. The summed E-state index contributed by atoms with van der Waals surface area (Å²) >= 11 is 0. The van der Waals surface area contributed by atoms with Gasteiger partial charge in [0.1, 0.15) is 27.8 Å². The number of aromatic nitrogens is 3. The Morgan fingerprint density at radius 1 is 0.944 bits per heavy atom. The highest BCUT2D eigenvalue weighted by Gasteiger charge is 2.58. The molecule has 0 N–H and O–H groups in total. The van der Waals surface area contributed by atoms with Gasteiger partial charge in [-0.25, -0.2) is 14.4 Å². The standard InChI is InChI=1S/C24H32N6O6/c1-22(2,3)35-20(33)28-12-10-24(11-13-28)18(31)27(7)19(32)29(24)15-8-9-17-16(14-15)25-26-30(17)21(34)36-23(4,5)6/h8-9,14H,10-13H2,1-7H3. The number of nitrogens with zero attached hydrogens (tertiary/aromatic N) is 6. The Bertz CT molecular complexity index is 1230. The van der Waals surface area contributed by atoms with Gasteiger partial charge in [0.2, 0.25) is 0 Å². The molecule has 0 bridgehead atoms. The van der Waals surface area contributed by atoms with E-state index in [2.05, 4.69) is 10.3 Å². The summed E-state index contributed by atoms with van der Waals surface area (Å²) < 4.78 is 11.9. The van der Waals surface area contributed by atoms with Crippen molar-refractivity contribution >= 4 is 40.8 Å². The number of likely N-dealkylation sites (tertiary alicyclic amines) is 1. The van der Waals surface area contributed by atoms with E-state index in [-0.39, 0.29) is 31.8 Å². The number of hydrogen-bond donors (Lipinski definition) is 0. The minimum atomic E-state index is -1.14. The van der Waals surface area contributed by atoms with Crippen molar-refractivity contribution in [3.05, 3.63) is 18.2 Å². The number of hydrogen-bond acceptors (Lipinski definition) is 8. The average molecular weight is 501 g/mol. The van der Waals surface area contributed by atoms with Crippen LogP contribution in [-0.4, -0.2) is 85.8 Å². The van der Waals surface area contributed by atoms with Gasteiger partial charge in [-0.2, -0.15) is 0 Å². The Balaban J connectivity index is 1.63. The molecule has 194 valence electrons. The van der Waals surface area contributed by atoms with Crippen LogP contribution in [0.2, 0.25) is 0 Å². The van der Waals surface area contributed by atoms with Gasteiger partial charge in [0.05, 0.1) is 0 Å². The highest BCUT2D eigenvalue weighted by atomic mass is 16.6. The van der Waals surface area contributed by atoms with E-state index in [4.69, 9.17) is 9.47 Å². The van der Waals surface area contributed by atoms with E-state index >= 15 is 0 Å². The maximum atomic E-state index is 13.3. The van der Waals surface area contributed by atoms with E-state index in [1.807, 2.05) is 0 Å². The van der Waals surface area contributed by atoms with E-state index in [0.29, 0.717) is 16.7 Å². The smallest absolute Gasteiger partial charge is 0.437 e. The van der Waals surface area contributed by atoms with Gasteiger partial charge in [0.25, 0.3) is 5.91 Å². The first kappa shape index (κ1) is 25.4. The molecule has 0 radical (unpaired) electrons. The molecule has 1 spiro atoms. The summed E-state index contributed by atoms with van der Waals surface area (Å²) in [5.41, 5.74) is -1.25. The molecule has 3 heterocycles. The lowest BCUT2D eigenvalue weighted by molar-refractivity contribution is -0.131. The average Bonchev–Trinajstić information content (AvgIpc) is 3.26.